The maximum Gasteiger partial charge on any atom is 0.220 e. The first kappa shape index (κ1) is 52.9. The normalized spacial score (nSPS) is 21.2. The van der Waals surface area contributed by atoms with Crippen molar-refractivity contribution in [2.45, 2.75) is 269 Å². The number of allylic oxidation sites excluding steroid dienone is 1. The van der Waals surface area contributed by atoms with Gasteiger partial charge in [0.2, 0.25) is 5.91 Å². The first-order valence-corrected chi connectivity index (χ1v) is 23.9. The summed E-state index contributed by atoms with van der Waals surface area (Å²) in [4.78, 5) is 13.0. The molecule has 332 valence electrons. The van der Waals surface area contributed by atoms with Gasteiger partial charge in [-0.2, -0.15) is 0 Å². The number of amides is 1. The minimum atomic E-state index is -1.56. The average Bonchev–Trinajstić information content (AvgIpc) is 3.20. The van der Waals surface area contributed by atoms with Crippen LogP contribution in [-0.2, 0) is 14.3 Å². The monoisotopic (exact) mass is 798 g/mol. The second-order valence-electron chi connectivity index (χ2n) is 16.9. The van der Waals surface area contributed by atoms with Crippen LogP contribution < -0.4 is 5.32 Å². The standard InChI is InChI=1S/C47H91NO8/c1-3-5-7-9-11-13-15-17-19-20-21-22-23-25-27-29-31-33-35-37-43(51)48-40(39-55-47-46(54)45(53)44(52)42(38-49)56-47)41(50)36-34-32-30-28-26-24-18-16-14-12-10-8-6-4-2/h34,36,40-42,44-47,49-50,52-54H,3-33,35,37-39H2,1-2H3,(H,48,51)/b36-34+/t40-,41+,42-,44-,45?,46?,47-/m0/s1. The highest BCUT2D eigenvalue weighted by Gasteiger charge is 2.44. The molecule has 1 heterocycles. The van der Waals surface area contributed by atoms with Crippen LogP contribution >= 0.6 is 0 Å². The lowest BCUT2D eigenvalue weighted by atomic mass is 9.99. The predicted octanol–water partition coefficient (Wildman–Crippen LogP) is 10.1. The van der Waals surface area contributed by atoms with Gasteiger partial charge in [0, 0.05) is 6.42 Å². The molecule has 1 aliphatic heterocycles. The minimum Gasteiger partial charge on any atom is -0.394 e. The van der Waals surface area contributed by atoms with Gasteiger partial charge in [-0.15, -0.1) is 0 Å². The third-order valence-electron chi connectivity index (χ3n) is 11.6. The van der Waals surface area contributed by atoms with Gasteiger partial charge in [0.1, 0.15) is 24.4 Å². The number of rotatable bonds is 40. The summed E-state index contributed by atoms with van der Waals surface area (Å²) >= 11 is 0. The zero-order valence-corrected chi connectivity index (χ0v) is 36.4. The highest BCUT2D eigenvalue weighted by molar-refractivity contribution is 5.76. The van der Waals surface area contributed by atoms with Gasteiger partial charge in [-0.05, 0) is 19.3 Å². The Hall–Kier alpha value is -1.07. The summed E-state index contributed by atoms with van der Waals surface area (Å²) in [5, 5.41) is 54.2. The smallest absolute Gasteiger partial charge is 0.220 e. The third-order valence-corrected chi connectivity index (χ3v) is 11.6. The van der Waals surface area contributed by atoms with Gasteiger partial charge in [0.25, 0.3) is 0 Å². The second-order valence-corrected chi connectivity index (χ2v) is 16.9. The summed E-state index contributed by atoms with van der Waals surface area (Å²) < 4.78 is 11.2. The van der Waals surface area contributed by atoms with Crippen molar-refractivity contribution in [3.05, 3.63) is 12.2 Å². The molecule has 1 amide bonds. The fraction of sp³-hybridized carbons (Fsp3) is 0.936. The van der Waals surface area contributed by atoms with E-state index in [0.717, 1.165) is 38.5 Å². The molecule has 0 aromatic heterocycles. The topological polar surface area (TPSA) is 149 Å². The molecule has 1 fully saturated rings. The molecule has 1 rings (SSSR count). The van der Waals surface area contributed by atoms with Crippen molar-refractivity contribution < 1.29 is 39.8 Å². The van der Waals surface area contributed by atoms with E-state index in [1.165, 1.54) is 167 Å². The molecular formula is C47H91NO8. The molecule has 0 aromatic rings. The Morgan fingerprint density at radius 2 is 0.982 bits per heavy atom. The molecule has 6 N–H and O–H groups in total. The van der Waals surface area contributed by atoms with E-state index in [9.17, 15) is 30.3 Å². The van der Waals surface area contributed by atoms with Crippen LogP contribution in [0.3, 0.4) is 0 Å². The van der Waals surface area contributed by atoms with Gasteiger partial charge in [0.15, 0.2) is 6.29 Å². The van der Waals surface area contributed by atoms with Gasteiger partial charge in [-0.25, -0.2) is 0 Å². The van der Waals surface area contributed by atoms with E-state index in [2.05, 4.69) is 19.2 Å². The van der Waals surface area contributed by atoms with Crippen molar-refractivity contribution in [3.63, 3.8) is 0 Å². The quantitative estimate of drug-likeness (QED) is 0.0265. The Balaban J connectivity index is 2.31. The number of aliphatic hydroxyl groups excluding tert-OH is 5. The third kappa shape index (κ3) is 28.4. The zero-order chi connectivity index (χ0) is 40.9. The van der Waals surface area contributed by atoms with Crippen LogP contribution in [0.25, 0.3) is 0 Å². The number of nitrogens with one attached hydrogen (secondary N) is 1. The fourth-order valence-electron chi connectivity index (χ4n) is 7.75. The van der Waals surface area contributed by atoms with E-state index in [1.807, 2.05) is 6.08 Å². The minimum absolute atomic E-state index is 0.173. The van der Waals surface area contributed by atoms with Crippen molar-refractivity contribution >= 4 is 5.91 Å². The predicted molar refractivity (Wildman–Crippen MR) is 231 cm³/mol. The fourth-order valence-corrected chi connectivity index (χ4v) is 7.75. The molecule has 0 spiro atoms. The Labute approximate surface area is 344 Å². The Morgan fingerprint density at radius 3 is 1.39 bits per heavy atom. The van der Waals surface area contributed by atoms with Crippen LogP contribution in [0.1, 0.15) is 226 Å². The average molecular weight is 798 g/mol. The molecule has 0 aliphatic carbocycles. The Kier molecular flexibility index (Phi) is 36.1. The molecular weight excluding hydrogens is 707 g/mol. The zero-order valence-electron chi connectivity index (χ0n) is 36.4. The van der Waals surface area contributed by atoms with E-state index in [4.69, 9.17) is 9.47 Å². The molecule has 7 atom stereocenters. The number of ether oxygens (including phenoxy) is 2. The Morgan fingerprint density at radius 1 is 0.589 bits per heavy atom. The van der Waals surface area contributed by atoms with Gasteiger partial charge in [-0.1, -0.05) is 212 Å². The molecule has 0 saturated carbocycles. The number of hydrogen-bond acceptors (Lipinski definition) is 8. The lowest BCUT2D eigenvalue weighted by Gasteiger charge is -2.40. The number of hydrogen-bond donors (Lipinski definition) is 6. The summed E-state index contributed by atoms with van der Waals surface area (Å²) in [6, 6.07) is -0.798. The number of carbonyl (C=O) groups is 1. The number of unbranched alkanes of at least 4 members (excludes halogenated alkanes) is 30. The molecule has 9 heteroatoms. The highest BCUT2D eigenvalue weighted by Crippen LogP contribution is 2.23. The Bertz CT molecular complexity index is 888. The molecule has 1 aliphatic rings. The molecule has 9 nitrogen and oxygen atoms in total. The summed E-state index contributed by atoms with van der Waals surface area (Å²) in [6.07, 6.45) is 36.8. The van der Waals surface area contributed by atoms with Crippen molar-refractivity contribution in [2.24, 2.45) is 0 Å². The van der Waals surface area contributed by atoms with E-state index < -0.39 is 49.5 Å². The second kappa shape index (κ2) is 38.2. The van der Waals surface area contributed by atoms with Gasteiger partial charge >= 0.3 is 0 Å². The van der Waals surface area contributed by atoms with Gasteiger partial charge in [-0.3, -0.25) is 4.79 Å². The maximum absolute atomic E-state index is 13.0. The van der Waals surface area contributed by atoms with Gasteiger partial charge < -0.3 is 40.3 Å². The van der Waals surface area contributed by atoms with Crippen molar-refractivity contribution in [1.29, 1.82) is 0 Å². The SMILES string of the molecule is CCCCCCCCCCCCCC/C=C/[C@@H](O)[C@H](CO[C@H]1O[C@@H](CO)[C@H](O)C(O)C1O)NC(=O)CCCCCCCCCCCCCCCCCCCCC. The molecule has 0 aromatic carbocycles. The van der Waals surface area contributed by atoms with Crippen LogP contribution in [0, 0.1) is 0 Å². The first-order chi connectivity index (χ1) is 27.3. The molecule has 0 radical (unpaired) electrons. The van der Waals surface area contributed by atoms with E-state index in [0.29, 0.717) is 6.42 Å². The van der Waals surface area contributed by atoms with Gasteiger partial charge in [0.05, 0.1) is 25.4 Å². The number of carbonyl (C=O) groups excluding carboxylic acids is 1. The van der Waals surface area contributed by atoms with Crippen LogP contribution in [0.4, 0.5) is 0 Å². The van der Waals surface area contributed by atoms with Crippen molar-refractivity contribution in [2.75, 3.05) is 13.2 Å². The largest absolute Gasteiger partial charge is 0.394 e. The summed E-state index contributed by atoms with van der Waals surface area (Å²) in [5.41, 5.74) is 0. The lowest BCUT2D eigenvalue weighted by Crippen LogP contribution is -2.60. The van der Waals surface area contributed by atoms with Crippen molar-refractivity contribution in [3.8, 4) is 0 Å². The van der Waals surface area contributed by atoms with Crippen LogP contribution in [0.5, 0.6) is 0 Å². The van der Waals surface area contributed by atoms with E-state index in [-0.39, 0.29) is 12.5 Å². The maximum atomic E-state index is 13.0. The van der Waals surface area contributed by atoms with Crippen LogP contribution in [-0.4, -0.2) is 87.5 Å². The highest BCUT2D eigenvalue weighted by atomic mass is 16.7. The summed E-state index contributed by atoms with van der Waals surface area (Å²) in [6.45, 7) is 3.79. The summed E-state index contributed by atoms with van der Waals surface area (Å²) in [5.74, 6) is -0.173. The van der Waals surface area contributed by atoms with Crippen LogP contribution in [0.15, 0.2) is 12.2 Å². The van der Waals surface area contributed by atoms with E-state index >= 15 is 0 Å². The molecule has 56 heavy (non-hydrogen) atoms. The first-order valence-electron chi connectivity index (χ1n) is 23.9. The van der Waals surface area contributed by atoms with E-state index in [1.54, 1.807) is 6.08 Å². The van der Waals surface area contributed by atoms with Crippen LogP contribution in [0.2, 0.25) is 0 Å². The lowest BCUT2D eigenvalue weighted by molar-refractivity contribution is -0.302. The molecule has 2 unspecified atom stereocenters. The summed E-state index contributed by atoms with van der Waals surface area (Å²) in [7, 11) is 0. The van der Waals surface area contributed by atoms with Crippen molar-refractivity contribution in [1.82, 2.24) is 5.32 Å². The molecule has 1 saturated heterocycles. The number of aliphatic hydroxyl groups is 5. The molecule has 0 bridgehead atoms.